The Balaban J connectivity index is 1.67. The van der Waals surface area contributed by atoms with Gasteiger partial charge in [-0.15, -0.1) is 0 Å². The van der Waals surface area contributed by atoms with E-state index in [9.17, 15) is 0 Å². The molecule has 2 unspecified atom stereocenters. The highest BCUT2D eigenvalue weighted by Gasteiger charge is 2.66. The van der Waals surface area contributed by atoms with Crippen LogP contribution in [0.2, 0.25) is 0 Å². The maximum absolute atomic E-state index is 6.50. The smallest absolute Gasteiger partial charge is 0.00837 e. The molecule has 0 amide bonds. The first-order valence-corrected chi connectivity index (χ1v) is 7.19. The van der Waals surface area contributed by atoms with Gasteiger partial charge in [0.25, 0.3) is 0 Å². The second kappa shape index (κ2) is 3.60. The molecule has 1 heteroatoms. The second-order valence-electron chi connectivity index (χ2n) is 7.42. The number of nitrogens with two attached hydrogens (primary N) is 1. The SMILES string of the molecule is CC1(C)C(C(N)CC2Cc3ccccc32)C1(C)C. The first-order chi connectivity index (χ1) is 8.35. The van der Waals surface area contributed by atoms with Gasteiger partial charge in [-0.25, -0.2) is 0 Å². The summed E-state index contributed by atoms with van der Waals surface area (Å²) in [6.45, 7) is 9.47. The second-order valence-corrected chi connectivity index (χ2v) is 7.42. The third kappa shape index (κ3) is 1.50. The Morgan fingerprint density at radius 2 is 1.78 bits per heavy atom. The minimum Gasteiger partial charge on any atom is -0.327 e. The zero-order chi connectivity index (χ0) is 13.1. The molecule has 0 heterocycles. The van der Waals surface area contributed by atoms with E-state index in [-0.39, 0.29) is 0 Å². The molecule has 0 bridgehead atoms. The van der Waals surface area contributed by atoms with E-state index in [1.807, 2.05) is 0 Å². The van der Waals surface area contributed by atoms with Gasteiger partial charge in [-0.05, 0) is 46.6 Å². The number of hydrogen-bond donors (Lipinski definition) is 1. The number of fused-ring (bicyclic) bond motifs is 1. The molecule has 3 rings (SSSR count). The van der Waals surface area contributed by atoms with Crippen LogP contribution in [0.1, 0.15) is 51.2 Å². The molecule has 1 saturated carbocycles. The molecule has 0 spiro atoms. The van der Waals surface area contributed by atoms with Gasteiger partial charge in [0.2, 0.25) is 0 Å². The number of rotatable bonds is 3. The highest BCUT2D eigenvalue weighted by atomic mass is 14.8. The van der Waals surface area contributed by atoms with Crippen molar-refractivity contribution in [3.05, 3.63) is 35.4 Å². The first-order valence-electron chi connectivity index (χ1n) is 7.19. The summed E-state index contributed by atoms with van der Waals surface area (Å²) in [6.07, 6.45) is 2.39. The van der Waals surface area contributed by atoms with Crippen LogP contribution in [0.15, 0.2) is 24.3 Å². The Kier molecular flexibility index (Phi) is 2.45. The van der Waals surface area contributed by atoms with Crippen LogP contribution in [0.25, 0.3) is 0 Å². The van der Waals surface area contributed by atoms with E-state index in [0.717, 1.165) is 6.42 Å². The molecular weight excluding hydrogens is 218 g/mol. The van der Waals surface area contributed by atoms with Crippen LogP contribution in [0.5, 0.6) is 0 Å². The Hall–Kier alpha value is -0.820. The van der Waals surface area contributed by atoms with Gasteiger partial charge in [-0.2, -0.15) is 0 Å². The van der Waals surface area contributed by atoms with Crippen molar-refractivity contribution in [1.29, 1.82) is 0 Å². The van der Waals surface area contributed by atoms with Crippen LogP contribution in [0.3, 0.4) is 0 Å². The zero-order valence-electron chi connectivity index (χ0n) is 12.0. The quantitative estimate of drug-likeness (QED) is 0.860. The van der Waals surface area contributed by atoms with Crippen LogP contribution in [0.4, 0.5) is 0 Å². The summed E-state index contributed by atoms with van der Waals surface area (Å²) in [6, 6.07) is 9.18. The van der Waals surface area contributed by atoms with Gasteiger partial charge in [0.05, 0.1) is 0 Å². The summed E-state index contributed by atoms with van der Waals surface area (Å²) in [5, 5.41) is 0. The Morgan fingerprint density at radius 3 is 2.33 bits per heavy atom. The minimum absolute atomic E-state index is 0.355. The van der Waals surface area contributed by atoms with E-state index in [1.165, 1.54) is 12.0 Å². The lowest BCUT2D eigenvalue weighted by molar-refractivity contribution is 0.404. The van der Waals surface area contributed by atoms with Crippen LogP contribution in [0, 0.1) is 16.7 Å². The highest BCUT2D eigenvalue weighted by molar-refractivity contribution is 5.40. The fourth-order valence-corrected chi connectivity index (χ4v) is 4.36. The molecule has 18 heavy (non-hydrogen) atoms. The molecule has 0 aromatic heterocycles. The fraction of sp³-hybridized carbons (Fsp3) is 0.647. The summed E-state index contributed by atoms with van der Waals surface area (Å²) in [5.41, 5.74) is 10.4. The molecule has 1 fully saturated rings. The molecule has 2 aliphatic carbocycles. The molecule has 2 N–H and O–H groups in total. The minimum atomic E-state index is 0.355. The van der Waals surface area contributed by atoms with Crippen LogP contribution < -0.4 is 5.73 Å². The third-order valence-corrected chi connectivity index (χ3v) is 6.08. The van der Waals surface area contributed by atoms with Gasteiger partial charge in [0.15, 0.2) is 0 Å². The van der Waals surface area contributed by atoms with Crippen molar-refractivity contribution in [2.75, 3.05) is 0 Å². The Morgan fingerprint density at radius 1 is 1.17 bits per heavy atom. The van der Waals surface area contributed by atoms with Gasteiger partial charge in [-0.1, -0.05) is 52.0 Å². The molecule has 1 aromatic carbocycles. The summed E-state index contributed by atoms with van der Waals surface area (Å²) in [5.74, 6) is 1.39. The molecule has 2 atom stereocenters. The summed E-state index contributed by atoms with van der Waals surface area (Å²) in [7, 11) is 0. The molecule has 0 aliphatic heterocycles. The van der Waals surface area contributed by atoms with Crippen LogP contribution >= 0.6 is 0 Å². The molecule has 0 radical (unpaired) electrons. The average molecular weight is 243 g/mol. The predicted octanol–water partition coefficient (Wildman–Crippen LogP) is 3.73. The highest BCUT2D eigenvalue weighted by Crippen LogP contribution is 2.70. The summed E-state index contributed by atoms with van der Waals surface area (Å²) in [4.78, 5) is 0. The van der Waals surface area contributed by atoms with Crippen molar-refractivity contribution < 1.29 is 0 Å². The van der Waals surface area contributed by atoms with Gasteiger partial charge in [0, 0.05) is 6.04 Å². The maximum Gasteiger partial charge on any atom is 0.00837 e. The van der Waals surface area contributed by atoms with E-state index < -0.39 is 0 Å². The van der Waals surface area contributed by atoms with Gasteiger partial charge >= 0.3 is 0 Å². The lowest BCUT2D eigenvalue weighted by Gasteiger charge is -2.32. The Bertz CT molecular complexity index is 458. The van der Waals surface area contributed by atoms with Crippen molar-refractivity contribution in [2.24, 2.45) is 22.5 Å². The monoisotopic (exact) mass is 243 g/mol. The largest absolute Gasteiger partial charge is 0.327 e. The predicted molar refractivity (Wildman–Crippen MR) is 76.5 cm³/mol. The van der Waals surface area contributed by atoms with Gasteiger partial charge in [0.1, 0.15) is 0 Å². The molecule has 0 saturated heterocycles. The van der Waals surface area contributed by atoms with E-state index in [4.69, 9.17) is 5.73 Å². The van der Waals surface area contributed by atoms with Crippen molar-refractivity contribution in [1.82, 2.24) is 0 Å². The van der Waals surface area contributed by atoms with Crippen molar-refractivity contribution >= 4 is 0 Å². The standard InChI is InChI=1S/C17H25N/c1-16(2)15(17(16,3)4)14(18)10-12-9-11-7-5-6-8-13(11)12/h5-8,12,14-15H,9-10,18H2,1-4H3. The normalized spacial score (nSPS) is 29.3. The summed E-state index contributed by atoms with van der Waals surface area (Å²) < 4.78 is 0. The average Bonchev–Trinajstić information content (AvgIpc) is 2.66. The van der Waals surface area contributed by atoms with Crippen LogP contribution in [-0.2, 0) is 6.42 Å². The van der Waals surface area contributed by atoms with Gasteiger partial charge < -0.3 is 5.73 Å². The molecule has 2 aliphatic rings. The van der Waals surface area contributed by atoms with Crippen LogP contribution in [-0.4, -0.2) is 6.04 Å². The molecule has 1 nitrogen and oxygen atoms in total. The Labute approximate surface area is 111 Å². The van der Waals surface area contributed by atoms with E-state index >= 15 is 0 Å². The third-order valence-electron chi connectivity index (χ3n) is 6.08. The molecule has 1 aromatic rings. The van der Waals surface area contributed by atoms with E-state index in [2.05, 4.69) is 52.0 Å². The number of benzene rings is 1. The number of hydrogen-bond acceptors (Lipinski definition) is 1. The van der Waals surface area contributed by atoms with Gasteiger partial charge in [-0.3, -0.25) is 0 Å². The topological polar surface area (TPSA) is 26.0 Å². The zero-order valence-corrected chi connectivity index (χ0v) is 12.0. The van der Waals surface area contributed by atoms with Crippen molar-refractivity contribution in [3.63, 3.8) is 0 Å². The fourth-order valence-electron chi connectivity index (χ4n) is 4.36. The summed E-state index contributed by atoms with van der Waals surface area (Å²) >= 11 is 0. The maximum atomic E-state index is 6.50. The van der Waals surface area contributed by atoms with Crippen molar-refractivity contribution in [3.8, 4) is 0 Å². The van der Waals surface area contributed by atoms with E-state index in [0.29, 0.717) is 28.7 Å². The lowest BCUT2D eigenvalue weighted by atomic mass is 9.73. The van der Waals surface area contributed by atoms with Crippen molar-refractivity contribution in [2.45, 2.75) is 52.5 Å². The lowest BCUT2D eigenvalue weighted by Crippen LogP contribution is -2.31. The van der Waals surface area contributed by atoms with E-state index in [1.54, 1.807) is 5.56 Å². The molecular formula is C17H25N. The first kappa shape index (κ1) is 12.2. The molecule has 98 valence electrons.